The van der Waals surface area contributed by atoms with Gasteiger partial charge in [-0.05, 0) is 52.9 Å². The zero-order chi connectivity index (χ0) is 19.3. The van der Waals surface area contributed by atoms with Gasteiger partial charge in [-0.15, -0.1) is 0 Å². The zero-order valence-corrected chi connectivity index (χ0v) is 16.0. The van der Waals surface area contributed by atoms with Crippen molar-refractivity contribution < 1.29 is 28.6 Å². The second kappa shape index (κ2) is 9.42. The van der Waals surface area contributed by atoms with Crippen LogP contribution in [0.15, 0.2) is 30.3 Å². The van der Waals surface area contributed by atoms with Crippen LogP contribution in [0.5, 0.6) is 0 Å². The third kappa shape index (κ3) is 5.48. The van der Waals surface area contributed by atoms with Crippen LogP contribution in [0, 0.1) is 15.2 Å². The number of hydrogen-bond acceptors (Lipinski definition) is 5. The summed E-state index contributed by atoms with van der Waals surface area (Å²) in [6, 6.07) is 6.37. The molecule has 0 heterocycles. The van der Waals surface area contributed by atoms with Crippen molar-refractivity contribution >= 4 is 51.5 Å². The molecular formula is C16H14ClF2IN2O4. The molecule has 0 aromatic heterocycles. The topological polar surface area (TPSA) is 90.8 Å². The van der Waals surface area contributed by atoms with E-state index < -0.39 is 30.3 Å². The summed E-state index contributed by atoms with van der Waals surface area (Å²) in [6.07, 6.45) is -1.18. The van der Waals surface area contributed by atoms with Gasteiger partial charge in [0.05, 0.1) is 28.6 Å². The summed E-state index contributed by atoms with van der Waals surface area (Å²) in [7, 11) is 0. The number of aliphatic hydroxyl groups excluding tert-OH is 2. The Balaban J connectivity index is 2.25. The number of carbonyl (C=O) groups is 1. The van der Waals surface area contributed by atoms with Crippen LogP contribution in [0.4, 0.5) is 20.2 Å². The highest BCUT2D eigenvalue weighted by Crippen LogP contribution is 2.28. The maximum Gasteiger partial charge on any atom is 0.277 e. The van der Waals surface area contributed by atoms with E-state index in [0.29, 0.717) is 3.57 Å². The minimum atomic E-state index is -1.18. The molecule has 1 amide bonds. The van der Waals surface area contributed by atoms with Crippen molar-refractivity contribution in [1.29, 1.82) is 0 Å². The van der Waals surface area contributed by atoms with Crippen molar-refractivity contribution in [3.63, 3.8) is 0 Å². The molecule has 10 heteroatoms. The lowest BCUT2D eigenvalue weighted by atomic mass is 10.1. The summed E-state index contributed by atoms with van der Waals surface area (Å²) in [5.74, 6) is -2.18. The number of halogens is 4. The van der Waals surface area contributed by atoms with E-state index in [0.717, 1.165) is 12.1 Å². The van der Waals surface area contributed by atoms with Gasteiger partial charge in [-0.1, -0.05) is 11.6 Å². The van der Waals surface area contributed by atoms with Crippen LogP contribution in [0.1, 0.15) is 10.4 Å². The number of rotatable bonds is 7. The SMILES string of the molecule is O=C(NOCC(O)CO)c1cc(Cl)c(F)cc1Nc1ccc(I)cc1F. The number of hydroxylamine groups is 1. The predicted molar refractivity (Wildman–Crippen MR) is 100 cm³/mol. The van der Waals surface area contributed by atoms with Crippen LogP contribution in [0.3, 0.4) is 0 Å². The minimum Gasteiger partial charge on any atom is -0.394 e. The molecule has 26 heavy (non-hydrogen) atoms. The Bertz CT molecular complexity index is 810. The van der Waals surface area contributed by atoms with Crippen LogP contribution in [-0.2, 0) is 4.84 Å². The lowest BCUT2D eigenvalue weighted by Gasteiger charge is -2.14. The molecule has 0 aliphatic rings. The van der Waals surface area contributed by atoms with Gasteiger partial charge in [-0.3, -0.25) is 9.63 Å². The van der Waals surface area contributed by atoms with Gasteiger partial charge < -0.3 is 15.5 Å². The van der Waals surface area contributed by atoms with Crippen LogP contribution in [0.25, 0.3) is 0 Å². The number of anilines is 2. The fourth-order valence-electron chi connectivity index (χ4n) is 1.89. The second-order valence-electron chi connectivity index (χ2n) is 5.14. The normalized spacial score (nSPS) is 11.9. The van der Waals surface area contributed by atoms with Crippen molar-refractivity contribution in [1.82, 2.24) is 5.48 Å². The summed E-state index contributed by atoms with van der Waals surface area (Å²) in [5, 5.41) is 20.2. The van der Waals surface area contributed by atoms with E-state index >= 15 is 0 Å². The van der Waals surface area contributed by atoms with E-state index in [4.69, 9.17) is 21.5 Å². The molecule has 0 bridgehead atoms. The average Bonchev–Trinajstić information content (AvgIpc) is 2.59. The largest absolute Gasteiger partial charge is 0.394 e. The van der Waals surface area contributed by atoms with Crippen LogP contribution >= 0.6 is 34.2 Å². The maximum absolute atomic E-state index is 14.0. The van der Waals surface area contributed by atoms with E-state index in [9.17, 15) is 18.7 Å². The highest BCUT2D eigenvalue weighted by molar-refractivity contribution is 14.1. The van der Waals surface area contributed by atoms with Gasteiger partial charge in [0.1, 0.15) is 24.3 Å². The van der Waals surface area contributed by atoms with E-state index in [1.165, 1.54) is 12.1 Å². The number of nitrogens with one attached hydrogen (secondary N) is 2. The van der Waals surface area contributed by atoms with Gasteiger partial charge >= 0.3 is 0 Å². The second-order valence-corrected chi connectivity index (χ2v) is 6.79. The Hall–Kier alpha value is -1.53. The van der Waals surface area contributed by atoms with Crippen molar-refractivity contribution in [2.45, 2.75) is 6.10 Å². The van der Waals surface area contributed by atoms with Crippen LogP contribution in [-0.4, -0.2) is 35.4 Å². The zero-order valence-electron chi connectivity index (χ0n) is 13.1. The highest BCUT2D eigenvalue weighted by atomic mass is 127. The van der Waals surface area contributed by atoms with Gasteiger partial charge in [-0.25, -0.2) is 14.3 Å². The van der Waals surface area contributed by atoms with Crippen LogP contribution in [0.2, 0.25) is 5.02 Å². The summed E-state index contributed by atoms with van der Waals surface area (Å²) in [4.78, 5) is 17.0. The molecule has 0 aliphatic carbocycles. The lowest BCUT2D eigenvalue weighted by molar-refractivity contribution is -0.0295. The fraction of sp³-hybridized carbons (Fsp3) is 0.188. The van der Waals surface area contributed by atoms with E-state index in [2.05, 4.69) is 5.32 Å². The van der Waals surface area contributed by atoms with Gasteiger partial charge in [0, 0.05) is 3.57 Å². The van der Waals surface area contributed by atoms with Crippen molar-refractivity contribution in [3.8, 4) is 0 Å². The Morgan fingerprint density at radius 2 is 1.96 bits per heavy atom. The first-order valence-electron chi connectivity index (χ1n) is 7.24. The molecule has 0 fully saturated rings. The Labute approximate surface area is 166 Å². The maximum atomic E-state index is 14.0. The first-order valence-corrected chi connectivity index (χ1v) is 8.69. The monoisotopic (exact) mass is 498 g/mol. The van der Waals surface area contributed by atoms with E-state index in [-0.39, 0.29) is 28.6 Å². The van der Waals surface area contributed by atoms with Crippen LogP contribution < -0.4 is 10.8 Å². The minimum absolute atomic E-state index is 0.0317. The summed E-state index contributed by atoms with van der Waals surface area (Å²) in [6.45, 7) is -0.900. The van der Waals surface area contributed by atoms with Crippen molar-refractivity contribution in [2.75, 3.05) is 18.5 Å². The summed E-state index contributed by atoms with van der Waals surface area (Å²) >= 11 is 7.66. The molecule has 6 nitrogen and oxygen atoms in total. The Morgan fingerprint density at radius 1 is 1.23 bits per heavy atom. The number of amides is 1. The van der Waals surface area contributed by atoms with E-state index in [1.807, 2.05) is 28.1 Å². The third-order valence-electron chi connectivity index (χ3n) is 3.16. The quantitative estimate of drug-likeness (QED) is 0.348. The third-order valence-corrected chi connectivity index (χ3v) is 4.12. The summed E-state index contributed by atoms with van der Waals surface area (Å²) in [5.41, 5.74) is 1.94. The van der Waals surface area contributed by atoms with Gasteiger partial charge in [-0.2, -0.15) is 0 Å². The molecule has 0 radical (unpaired) electrons. The number of hydrogen-bond donors (Lipinski definition) is 4. The standard InChI is InChI=1S/C16H14ClF2IN2O4/c17-11-4-10(16(25)22-26-7-9(24)6-23)15(5-12(11)18)21-14-2-1-8(20)3-13(14)19/h1-5,9,21,23-24H,6-7H2,(H,22,25). The average molecular weight is 499 g/mol. The molecular weight excluding hydrogens is 485 g/mol. The van der Waals surface area contributed by atoms with Crippen molar-refractivity contribution in [2.24, 2.45) is 0 Å². The molecule has 0 saturated carbocycles. The molecule has 2 aromatic carbocycles. The highest BCUT2D eigenvalue weighted by Gasteiger charge is 2.17. The molecule has 0 spiro atoms. The Kier molecular flexibility index (Phi) is 7.53. The fourth-order valence-corrected chi connectivity index (χ4v) is 2.50. The van der Waals surface area contributed by atoms with E-state index in [1.54, 1.807) is 6.07 Å². The molecule has 0 saturated heterocycles. The first-order chi connectivity index (χ1) is 12.3. The molecule has 0 aliphatic heterocycles. The first kappa shape index (κ1) is 20.8. The molecule has 2 rings (SSSR count). The lowest BCUT2D eigenvalue weighted by Crippen LogP contribution is -2.30. The van der Waals surface area contributed by atoms with Crippen molar-refractivity contribution in [3.05, 3.63) is 56.1 Å². The number of aliphatic hydroxyl groups is 2. The molecule has 1 unspecified atom stereocenters. The number of carbonyl (C=O) groups excluding carboxylic acids is 1. The predicted octanol–water partition coefficient (Wildman–Crippen LogP) is 2.98. The van der Waals surface area contributed by atoms with Gasteiger partial charge in [0.15, 0.2) is 0 Å². The molecule has 140 valence electrons. The molecule has 4 N–H and O–H groups in total. The molecule has 1 atom stereocenters. The van der Waals surface area contributed by atoms with Gasteiger partial charge in [0.25, 0.3) is 5.91 Å². The van der Waals surface area contributed by atoms with Gasteiger partial charge in [0.2, 0.25) is 0 Å². The smallest absolute Gasteiger partial charge is 0.277 e. The summed E-state index contributed by atoms with van der Waals surface area (Å²) < 4.78 is 28.5. The number of benzene rings is 2. The molecule has 2 aromatic rings. The Morgan fingerprint density at radius 3 is 2.62 bits per heavy atom.